The first-order valence-corrected chi connectivity index (χ1v) is 6.97. The van der Waals surface area contributed by atoms with Gasteiger partial charge in [0.2, 0.25) is 0 Å². The van der Waals surface area contributed by atoms with E-state index in [9.17, 15) is 14.0 Å². The summed E-state index contributed by atoms with van der Waals surface area (Å²) in [7, 11) is 1.52. The molecule has 0 spiro atoms. The highest BCUT2D eigenvalue weighted by molar-refractivity contribution is 5.86. The molecule has 1 saturated heterocycles. The van der Waals surface area contributed by atoms with Gasteiger partial charge >= 0.3 is 0 Å². The van der Waals surface area contributed by atoms with E-state index in [1.165, 1.54) is 30.1 Å². The van der Waals surface area contributed by atoms with Crippen molar-refractivity contribution in [3.8, 4) is 5.75 Å². The molecule has 2 amide bonds. The van der Waals surface area contributed by atoms with Crippen LogP contribution in [-0.4, -0.2) is 55.7 Å². The zero-order valence-electron chi connectivity index (χ0n) is 12.6. The van der Waals surface area contributed by atoms with E-state index < -0.39 is 11.4 Å². The second-order valence-corrected chi connectivity index (χ2v) is 5.22. The third-order valence-electron chi connectivity index (χ3n) is 3.49. The van der Waals surface area contributed by atoms with Gasteiger partial charge in [0, 0.05) is 19.7 Å². The second kappa shape index (κ2) is 6.74. The van der Waals surface area contributed by atoms with Crippen LogP contribution in [0.5, 0.6) is 5.75 Å². The third-order valence-corrected chi connectivity index (χ3v) is 3.49. The number of carbonyl (C=O) groups is 2. The molecule has 0 saturated carbocycles. The van der Waals surface area contributed by atoms with Crippen LogP contribution in [-0.2, 0) is 14.3 Å². The van der Waals surface area contributed by atoms with E-state index in [0.717, 1.165) is 0 Å². The number of ether oxygens (including phenoxy) is 2. The molecule has 1 unspecified atom stereocenters. The molecular weight excluding hydrogens is 291 g/mol. The van der Waals surface area contributed by atoms with Crippen molar-refractivity contribution in [2.45, 2.75) is 12.5 Å². The fourth-order valence-corrected chi connectivity index (χ4v) is 2.28. The Morgan fingerprint density at radius 3 is 2.95 bits per heavy atom. The number of amides is 2. The van der Waals surface area contributed by atoms with E-state index in [1.807, 2.05) is 0 Å². The molecule has 22 heavy (non-hydrogen) atoms. The average Bonchev–Trinajstić information content (AvgIpc) is 2.52. The van der Waals surface area contributed by atoms with Crippen LogP contribution in [0.25, 0.3) is 0 Å². The molecule has 1 heterocycles. The fourth-order valence-electron chi connectivity index (χ4n) is 2.28. The number of hydrogen-bond acceptors (Lipinski definition) is 4. The molecule has 1 aromatic rings. The number of halogens is 1. The van der Waals surface area contributed by atoms with Gasteiger partial charge in [-0.25, -0.2) is 4.39 Å². The smallest absolute Gasteiger partial charge is 0.260 e. The second-order valence-electron chi connectivity index (χ2n) is 5.22. The van der Waals surface area contributed by atoms with Gasteiger partial charge < -0.3 is 19.7 Å². The Labute approximate surface area is 128 Å². The number of nitrogens with one attached hydrogen (secondary N) is 1. The molecule has 6 nitrogen and oxygen atoms in total. The monoisotopic (exact) mass is 310 g/mol. The highest BCUT2D eigenvalue weighted by Gasteiger charge is 2.40. The molecule has 2 rings (SSSR count). The lowest BCUT2D eigenvalue weighted by molar-refractivity contribution is -0.163. The normalized spacial score (nSPS) is 21.3. The van der Waals surface area contributed by atoms with Gasteiger partial charge in [0.1, 0.15) is 11.6 Å². The van der Waals surface area contributed by atoms with Crippen molar-refractivity contribution in [1.82, 2.24) is 10.2 Å². The summed E-state index contributed by atoms with van der Waals surface area (Å²) in [4.78, 5) is 25.5. The maximum atomic E-state index is 13.0. The van der Waals surface area contributed by atoms with Gasteiger partial charge in [-0.1, -0.05) is 6.07 Å². The average molecular weight is 310 g/mol. The van der Waals surface area contributed by atoms with Crippen molar-refractivity contribution in [2.24, 2.45) is 0 Å². The summed E-state index contributed by atoms with van der Waals surface area (Å²) in [6.07, 6.45) is 0. The highest BCUT2D eigenvalue weighted by atomic mass is 19.1. The van der Waals surface area contributed by atoms with Crippen molar-refractivity contribution in [1.29, 1.82) is 0 Å². The van der Waals surface area contributed by atoms with Crippen molar-refractivity contribution >= 4 is 11.8 Å². The van der Waals surface area contributed by atoms with Crippen molar-refractivity contribution in [3.05, 3.63) is 30.1 Å². The third kappa shape index (κ3) is 3.73. The molecule has 0 aromatic heterocycles. The van der Waals surface area contributed by atoms with E-state index in [-0.39, 0.29) is 37.3 Å². The number of hydrogen-bond donors (Lipinski definition) is 1. The van der Waals surface area contributed by atoms with Gasteiger partial charge in [-0.3, -0.25) is 9.59 Å². The van der Waals surface area contributed by atoms with Gasteiger partial charge in [0.25, 0.3) is 11.8 Å². The summed E-state index contributed by atoms with van der Waals surface area (Å²) >= 11 is 0. The highest BCUT2D eigenvalue weighted by Crippen LogP contribution is 2.18. The Morgan fingerprint density at radius 1 is 1.50 bits per heavy atom. The predicted octanol–water partition coefficient (Wildman–Crippen LogP) is 0.568. The van der Waals surface area contributed by atoms with Crippen LogP contribution in [0.3, 0.4) is 0 Å². The molecule has 1 atom stereocenters. The van der Waals surface area contributed by atoms with E-state index in [1.54, 1.807) is 13.0 Å². The largest absolute Gasteiger partial charge is 0.484 e. The maximum Gasteiger partial charge on any atom is 0.260 e. The Hall–Kier alpha value is -2.15. The standard InChI is InChI=1S/C15H19FN2O4/c1-15(14(20)17-2)10-18(6-7-22-15)13(19)9-21-12-5-3-4-11(16)8-12/h3-5,8H,6-7,9-10H2,1-2H3,(H,17,20). The van der Waals surface area contributed by atoms with Crippen LogP contribution in [0.1, 0.15) is 6.92 Å². The molecule has 1 fully saturated rings. The molecule has 0 bridgehead atoms. The minimum absolute atomic E-state index is 0.151. The van der Waals surface area contributed by atoms with Crippen LogP contribution in [0.15, 0.2) is 24.3 Å². The van der Waals surface area contributed by atoms with Crippen molar-refractivity contribution < 1.29 is 23.5 Å². The zero-order valence-corrected chi connectivity index (χ0v) is 12.6. The number of nitrogens with zero attached hydrogens (tertiary/aromatic N) is 1. The Balaban J connectivity index is 1.93. The first-order chi connectivity index (χ1) is 10.4. The van der Waals surface area contributed by atoms with Gasteiger partial charge in [-0.2, -0.15) is 0 Å². The maximum absolute atomic E-state index is 13.0. The molecule has 0 aliphatic carbocycles. The molecule has 7 heteroatoms. The summed E-state index contributed by atoms with van der Waals surface area (Å²) in [5, 5.41) is 2.52. The summed E-state index contributed by atoms with van der Waals surface area (Å²) in [6.45, 7) is 2.23. The van der Waals surface area contributed by atoms with Gasteiger partial charge in [-0.05, 0) is 19.1 Å². The van der Waals surface area contributed by atoms with Crippen LogP contribution in [0.2, 0.25) is 0 Å². The molecule has 1 N–H and O–H groups in total. The molecule has 1 aliphatic heterocycles. The topological polar surface area (TPSA) is 67.9 Å². The van der Waals surface area contributed by atoms with Gasteiger partial charge in [0.05, 0.1) is 13.2 Å². The number of benzene rings is 1. The summed E-state index contributed by atoms with van der Waals surface area (Å²) in [5.74, 6) is -0.696. The van der Waals surface area contributed by atoms with Crippen molar-refractivity contribution in [2.75, 3.05) is 33.4 Å². The van der Waals surface area contributed by atoms with Gasteiger partial charge in [-0.15, -0.1) is 0 Å². The SMILES string of the molecule is CNC(=O)C1(C)CN(C(=O)COc2cccc(F)c2)CCO1. The first-order valence-electron chi connectivity index (χ1n) is 6.97. The Kier molecular flexibility index (Phi) is 4.97. The van der Waals surface area contributed by atoms with Crippen LogP contribution in [0, 0.1) is 5.82 Å². The van der Waals surface area contributed by atoms with E-state index in [2.05, 4.69) is 5.32 Å². The van der Waals surface area contributed by atoms with Crippen LogP contribution in [0.4, 0.5) is 4.39 Å². The van der Waals surface area contributed by atoms with E-state index in [4.69, 9.17) is 9.47 Å². The number of morpholine rings is 1. The first kappa shape index (κ1) is 16.2. The van der Waals surface area contributed by atoms with E-state index >= 15 is 0 Å². The minimum atomic E-state index is -1.07. The lowest BCUT2D eigenvalue weighted by atomic mass is 10.0. The van der Waals surface area contributed by atoms with Crippen LogP contribution < -0.4 is 10.1 Å². The molecular formula is C15H19FN2O4. The number of carbonyl (C=O) groups excluding carboxylic acids is 2. The lowest BCUT2D eigenvalue weighted by Gasteiger charge is -2.38. The Bertz CT molecular complexity index is 566. The van der Waals surface area contributed by atoms with Crippen LogP contribution >= 0.6 is 0 Å². The summed E-state index contributed by atoms with van der Waals surface area (Å²) in [6, 6.07) is 5.59. The zero-order chi connectivity index (χ0) is 16.2. The fraction of sp³-hybridized carbons (Fsp3) is 0.467. The molecule has 1 aromatic carbocycles. The molecule has 1 aliphatic rings. The van der Waals surface area contributed by atoms with E-state index in [0.29, 0.717) is 6.54 Å². The lowest BCUT2D eigenvalue weighted by Crippen LogP contribution is -2.59. The summed E-state index contributed by atoms with van der Waals surface area (Å²) < 4.78 is 23.8. The van der Waals surface area contributed by atoms with Crippen molar-refractivity contribution in [3.63, 3.8) is 0 Å². The van der Waals surface area contributed by atoms with Gasteiger partial charge in [0.15, 0.2) is 12.2 Å². The minimum Gasteiger partial charge on any atom is -0.484 e. The number of likely N-dealkylation sites (N-methyl/N-ethyl adjacent to an activating group) is 1. The molecule has 0 radical (unpaired) electrons. The Morgan fingerprint density at radius 2 is 2.27 bits per heavy atom. The number of rotatable bonds is 4. The predicted molar refractivity (Wildman–Crippen MR) is 76.9 cm³/mol. The quantitative estimate of drug-likeness (QED) is 0.883. The molecule has 120 valence electrons. The summed E-state index contributed by atoms with van der Waals surface area (Å²) in [5.41, 5.74) is -1.07.